The molecule has 0 bridgehead atoms. The summed E-state index contributed by atoms with van der Waals surface area (Å²) >= 11 is 1.57. The Morgan fingerprint density at radius 1 is 1.80 bits per heavy atom. The second-order valence-electron chi connectivity index (χ2n) is 3.33. The predicted octanol–water partition coefficient (Wildman–Crippen LogP) is 0.623. The van der Waals surface area contributed by atoms with Gasteiger partial charge >= 0.3 is 5.97 Å². The Bertz CT molecular complexity index is 351. The van der Waals surface area contributed by atoms with Gasteiger partial charge in [-0.15, -0.1) is 11.8 Å². The van der Waals surface area contributed by atoms with Crippen LogP contribution in [0.5, 0.6) is 0 Å². The van der Waals surface area contributed by atoms with Crippen LogP contribution in [0.3, 0.4) is 0 Å². The number of carboxylic acids is 1. The lowest BCUT2D eigenvalue weighted by Crippen LogP contribution is -2.30. The maximum atomic E-state index is 10.5. The number of nitrogens with two attached hydrogens (primary N) is 1. The molecule has 1 atom stereocenters. The van der Waals surface area contributed by atoms with Crippen LogP contribution in [0.2, 0.25) is 0 Å². The van der Waals surface area contributed by atoms with Crippen molar-refractivity contribution in [3.05, 3.63) is 11.8 Å². The van der Waals surface area contributed by atoms with E-state index in [9.17, 15) is 4.79 Å². The highest BCUT2D eigenvalue weighted by atomic mass is 32.2. The number of nitrogens with zero attached hydrogens (tertiary/aromatic N) is 2. The molecule has 15 heavy (non-hydrogen) atoms. The van der Waals surface area contributed by atoms with Gasteiger partial charge in [0.1, 0.15) is 6.04 Å². The van der Waals surface area contributed by atoms with Crippen molar-refractivity contribution in [1.82, 2.24) is 9.78 Å². The third kappa shape index (κ3) is 3.56. The van der Waals surface area contributed by atoms with E-state index in [0.717, 1.165) is 10.7 Å². The van der Waals surface area contributed by atoms with E-state index in [1.165, 1.54) is 0 Å². The number of aliphatic carboxylic acids is 1. The van der Waals surface area contributed by atoms with Gasteiger partial charge in [0, 0.05) is 12.8 Å². The lowest BCUT2D eigenvalue weighted by molar-refractivity contribution is -0.138. The molecule has 1 rings (SSSR count). The van der Waals surface area contributed by atoms with Crippen LogP contribution in [0, 0.1) is 6.92 Å². The number of rotatable bonds is 5. The molecule has 0 radical (unpaired) electrons. The van der Waals surface area contributed by atoms with Gasteiger partial charge < -0.3 is 10.8 Å². The van der Waals surface area contributed by atoms with E-state index in [1.807, 2.05) is 20.0 Å². The molecule has 0 fully saturated rings. The number of carbonyl (C=O) groups is 1. The fourth-order valence-electron chi connectivity index (χ4n) is 1.14. The number of thioether (sulfide) groups is 1. The van der Waals surface area contributed by atoms with E-state index in [0.29, 0.717) is 12.2 Å². The lowest BCUT2D eigenvalue weighted by Gasteiger charge is -2.05. The molecule has 0 amide bonds. The summed E-state index contributed by atoms with van der Waals surface area (Å²) in [5.41, 5.74) is 6.35. The van der Waals surface area contributed by atoms with Gasteiger partial charge in [-0.1, -0.05) is 0 Å². The monoisotopic (exact) mass is 229 g/mol. The molecule has 6 heteroatoms. The summed E-state index contributed by atoms with van der Waals surface area (Å²) in [6.07, 6.45) is 0.463. The first-order chi connectivity index (χ1) is 7.00. The molecule has 0 saturated carbocycles. The zero-order valence-corrected chi connectivity index (χ0v) is 9.62. The Hall–Kier alpha value is -1.01. The normalized spacial score (nSPS) is 12.7. The zero-order valence-electron chi connectivity index (χ0n) is 8.80. The number of aromatic nitrogens is 2. The SMILES string of the molecule is Cc1cc(SCCC(N)C(=O)O)n(C)n1. The molecule has 0 aromatic carbocycles. The summed E-state index contributed by atoms with van der Waals surface area (Å²) in [7, 11) is 1.87. The molecule has 0 saturated heterocycles. The van der Waals surface area contributed by atoms with Gasteiger partial charge in [-0.2, -0.15) is 5.10 Å². The standard InChI is InChI=1S/C9H15N3O2S/c1-6-5-8(12(2)11-6)15-4-3-7(10)9(13)14/h5,7H,3-4,10H2,1-2H3,(H,13,14). The van der Waals surface area contributed by atoms with Crippen molar-refractivity contribution < 1.29 is 9.90 Å². The van der Waals surface area contributed by atoms with E-state index in [1.54, 1.807) is 16.4 Å². The van der Waals surface area contributed by atoms with E-state index in [4.69, 9.17) is 10.8 Å². The smallest absolute Gasteiger partial charge is 0.320 e. The molecule has 1 aromatic rings. The highest BCUT2D eigenvalue weighted by Crippen LogP contribution is 2.19. The van der Waals surface area contributed by atoms with Crippen molar-refractivity contribution in [2.75, 3.05) is 5.75 Å². The predicted molar refractivity (Wildman–Crippen MR) is 58.9 cm³/mol. The molecule has 84 valence electrons. The Morgan fingerprint density at radius 2 is 2.47 bits per heavy atom. The highest BCUT2D eigenvalue weighted by molar-refractivity contribution is 7.99. The molecule has 5 nitrogen and oxygen atoms in total. The zero-order chi connectivity index (χ0) is 11.4. The first-order valence-electron chi connectivity index (χ1n) is 4.62. The molecule has 0 aliphatic heterocycles. The van der Waals surface area contributed by atoms with E-state index >= 15 is 0 Å². The molecule has 0 aliphatic rings. The van der Waals surface area contributed by atoms with Gasteiger partial charge in [0.05, 0.1) is 10.7 Å². The largest absolute Gasteiger partial charge is 0.480 e. The number of carboxylic acid groups (broad SMARTS) is 1. The van der Waals surface area contributed by atoms with Gasteiger partial charge in [0.25, 0.3) is 0 Å². The summed E-state index contributed by atoms with van der Waals surface area (Å²) < 4.78 is 1.78. The quantitative estimate of drug-likeness (QED) is 0.723. The lowest BCUT2D eigenvalue weighted by atomic mass is 10.2. The second kappa shape index (κ2) is 5.18. The summed E-state index contributed by atoms with van der Waals surface area (Å²) in [6.45, 7) is 1.92. The minimum Gasteiger partial charge on any atom is -0.480 e. The average Bonchev–Trinajstić information content (AvgIpc) is 2.45. The van der Waals surface area contributed by atoms with Gasteiger partial charge in [0.15, 0.2) is 0 Å². The summed E-state index contributed by atoms with van der Waals surface area (Å²) in [5.74, 6) is -0.260. The third-order valence-corrected chi connectivity index (χ3v) is 3.07. The molecular weight excluding hydrogens is 214 g/mol. The molecule has 0 aliphatic carbocycles. The van der Waals surface area contributed by atoms with Gasteiger partial charge in [0.2, 0.25) is 0 Å². The van der Waals surface area contributed by atoms with E-state index in [2.05, 4.69) is 5.10 Å². The first-order valence-corrected chi connectivity index (χ1v) is 5.61. The van der Waals surface area contributed by atoms with Gasteiger partial charge in [-0.3, -0.25) is 9.48 Å². The number of hydrogen-bond donors (Lipinski definition) is 2. The summed E-state index contributed by atoms with van der Waals surface area (Å²) in [6, 6.07) is 1.20. The summed E-state index contributed by atoms with van der Waals surface area (Å²) in [4.78, 5) is 10.5. The third-order valence-electron chi connectivity index (χ3n) is 1.96. The van der Waals surface area contributed by atoms with Crippen LogP contribution in [0.1, 0.15) is 12.1 Å². The fraction of sp³-hybridized carbons (Fsp3) is 0.556. The minimum absolute atomic E-state index is 0.463. The second-order valence-corrected chi connectivity index (χ2v) is 4.44. The fourth-order valence-corrected chi connectivity index (χ4v) is 2.20. The average molecular weight is 229 g/mol. The van der Waals surface area contributed by atoms with E-state index < -0.39 is 12.0 Å². The number of hydrogen-bond acceptors (Lipinski definition) is 4. The molecule has 1 aromatic heterocycles. The van der Waals surface area contributed by atoms with Crippen LogP contribution >= 0.6 is 11.8 Å². The molecule has 1 heterocycles. The molecule has 1 unspecified atom stereocenters. The van der Waals surface area contributed by atoms with Crippen LogP contribution < -0.4 is 5.73 Å². The van der Waals surface area contributed by atoms with Crippen LogP contribution in [0.25, 0.3) is 0 Å². The van der Waals surface area contributed by atoms with Crippen LogP contribution in [0.15, 0.2) is 11.1 Å². The van der Waals surface area contributed by atoms with Crippen molar-refractivity contribution in [3.63, 3.8) is 0 Å². The maximum absolute atomic E-state index is 10.5. The Morgan fingerprint density at radius 3 is 2.93 bits per heavy atom. The highest BCUT2D eigenvalue weighted by Gasteiger charge is 2.11. The topological polar surface area (TPSA) is 81.1 Å². The Balaban J connectivity index is 2.38. The van der Waals surface area contributed by atoms with Crippen molar-refractivity contribution in [2.45, 2.75) is 24.4 Å². The molecular formula is C9H15N3O2S. The van der Waals surface area contributed by atoms with Gasteiger partial charge in [-0.25, -0.2) is 0 Å². The van der Waals surface area contributed by atoms with Crippen LogP contribution in [0.4, 0.5) is 0 Å². The van der Waals surface area contributed by atoms with Crippen LogP contribution in [-0.4, -0.2) is 32.7 Å². The number of aryl methyl sites for hydroxylation is 2. The van der Waals surface area contributed by atoms with Crippen molar-refractivity contribution in [1.29, 1.82) is 0 Å². The molecule has 3 N–H and O–H groups in total. The maximum Gasteiger partial charge on any atom is 0.320 e. The Kier molecular flexibility index (Phi) is 4.16. The van der Waals surface area contributed by atoms with Crippen molar-refractivity contribution >= 4 is 17.7 Å². The van der Waals surface area contributed by atoms with Crippen molar-refractivity contribution in [2.24, 2.45) is 12.8 Å². The minimum atomic E-state index is -0.947. The molecule has 0 spiro atoms. The first kappa shape index (κ1) is 12.1. The summed E-state index contributed by atoms with van der Waals surface area (Å²) in [5, 5.41) is 13.8. The van der Waals surface area contributed by atoms with Crippen LogP contribution in [-0.2, 0) is 11.8 Å². The van der Waals surface area contributed by atoms with E-state index in [-0.39, 0.29) is 0 Å². The Labute approximate surface area is 92.6 Å². The van der Waals surface area contributed by atoms with Crippen molar-refractivity contribution in [3.8, 4) is 0 Å². The van der Waals surface area contributed by atoms with Gasteiger partial charge in [-0.05, 0) is 19.4 Å².